The number of methoxy groups -OCH3 is 1. The van der Waals surface area contributed by atoms with E-state index in [2.05, 4.69) is 15.9 Å². The molecule has 1 unspecified atom stereocenters. The van der Waals surface area contributed by atoms with Gasteiger partial charge in [-0.3, -0.25) is 0 Å². The van der Waals surface area contributed by atoms with Gasteiger partial charge in [-0.1, -0.05) is 23.7 Å². The summed E-state index contributed by atoms with van der Waals surface area (Å²) < 4.78 is 18.9. The summed E-state index contributed by atoms with van der Waals surface area (Å²) in [4.78, 5) is 0. The van der Waals surface area contributed by atoms with Crippen molar-refractivity contribution < 1.29 is 14.2 Å². The van der Waals surface area contributed by atoms with Gasteiger partial charge in [-0.05, 0) is 46.1 Å². The average Bonchev–Trinajstić information content (AvgIpc) is 2.43. The van der Waals surface area contributed by atoms with Gasteiger partial charge in [0, 0.05) is 16.7 Å². The number of benzene rings is 2. The Labute approximate surface area is 130 Å². The highest BCUT2D eigenvalue weighted by molar-refractivity contribution is 9.10. The predicted octanol–water partition coefficient (Wildman–Crippen LogP) is 4.64. The second-order valence-corrected chi connectivity index (χ2v) is 5.68. The van der Waals surface area contributed by atoms with E-state index in [0.717, 1.165) is 5.56 Å². The number of hydrogen-bond donors (Lipinski definition) is 1. The van der Waals surface area contributed by atoms with Crippen molar-refractivity contribution in [2.45, 2.75) is 13.0 Å². The van der Waals surface area contributed by atoms with Crippen molar-refractivity contribution in [1.29, 1.82) is 0 Å². The zero-order valence-electron chi connectivity index (χ0n) is 11.0. The van der Waals surface area contributed by atoms with Gasteiger partial charge < -0.3 is 9.84 Å². The SMILES string of the molecule is COc1cc(F)c(Br)cc1C(O)c1ccc(C)c(Cl)c1. The summed E-state index contributed by atoms with van der Waals surface area (Å²) in [6, 6.07) is 8.04. The lowest BCUT2D eigenvalue weighted by Crippen LogP contribution is -2.03. The van der Waals surface area contributed by atoms with Crippen LogP contribution >= 0.6 is 27.5 Å². The molecular weight excluding hydrogens is 347 g/mol. The summed E-state index contributed by atoms with van der Waals surface area (Å²) >= 11 is 9.17. The third-order valence-corrected chi connectivity index (χ3v) is 4.09. The quantitative estimate of drug-likeness (QED) is 0.865. The smallest absolute Gasteiger partial charge is 0.141 e. The monoisotopic (exact) mass is 358 g/mol. The van der Waals surface area contributed by atoms with Gasteiger partial charge in [0.15, 0.2) is 0 Å². The molecule has 0 spiro atoms. The largest absolute Gasteiger partial charge is 0.496 e. The molecule has 2 nitrogen and oxygen atoms in total. The molecule has 5 heteroatoms. The number of hydrogen-bond acceptors (Lipinski definition) is 2. The van der Waals surface area contributed by atoms with Crippen LogP contribution < -0.4 is 4.74 Å². The minimum absolute atomic E-state index is 0.269. The summed E-state index contributed by atoms with van der Waals surface area (Å²) in [7, 11) is 1.43. The van der Waals surface area contributed by atoms with Gasteiger partial charge in [0.2, 0.25) is 0 Å². The topological polar surface area (TPSA) is 29.5 Å². The molecule has 0 bridgehead atoms. The van der Waals surface area contributed by atoms with Crippen LogP contribution in [0.3, 0.4) is 0 Å². The number of ether oxygens (including phenoxy) is 1. The predicted molar refractivity (Wildman–Crippen MR) is 80.9 cm³/mol. The van der Waals surface area contributed by atoms with Crippen LogP contribution in [0.2, 0.25) is 5.02 Å². The standard InChI is InChI=1S/C15H13BrClFO2/c1-8-3-4-9(5-12(8)17)15(19)10-6-11(16)13(18)7-14(10)20-2/h3-7,15,19H,1-2H3. The van der Waals surface area contributed by atoms with E-state index < -0.39 is 11.9 Å². The van der Waals surface area contributed by atoms with Crippen molar-refractivity contribution in [1.82, 2.24) is 0 Å². The zero-order valence-corrected chi connectivity index (χ0v) is 13.3. The van der Waals surface area contributed by atoms with Crippen molar-refractivity contribution in [3.63, 3.8) is 0 Å². The molecule has 0 heterocycles. The molecule has 0 amide bonds. The highest BCUT2D eigenvalue weighted by Crippen LogP contribution is 2.35. The van der Waals surface area contributed by atoms with Gasteiger partial charge in [0.1, 0.15) is 17.7 Å². The van der Waals surface area contributed by atoms with Gasteiger partial charge in [-0.15, -0.1) is 0 Å². The maximum absolute atomic E-state index is 13.5. The Morgan fingerprint density at radius 1 is 1.30 bits per heavy atom. The molecule has 1 atom stereocenters. The third-order valence-electron chi connectivity index (χ3n) is 3.08. The van der Waals surface area contributed by atoms with Gasteiger partial charge in [-0.2, -0.15) is 0 Å². The van der Waals surface area contributed by atoms with Crippen LogP contribution in [-0.2, 0) is 0 Å². The fourth-order valence-electron chi connectivity index (χ4n) is 1.89. The first-order chi connectivity index (χ1) is 9.43. The molecule has 2 rings (SSSR count). The molecule has 1 N–H and O–H groups in total. The molecule has 2 aromatic rings. The van der Waals surface area contributed by atoms with Gasteiger partial charge >= 0.3 is 0 Å². The highest BCUT2D eigenvalue weighted by Gasteiger charge is 2.18. The van der Waals surface area contributed by atoms with E-state index in [4.69, 9.17) is 16.3 Å². The molecular formula is C15H13BrClFO2. The van der Waals surface area contributed by atoms with E-state index in [0.29, 0.717) is 16.1 Å². The van der Waals surface area contributed by atoms with Crippen LogP contribution in [0.5, 0.6) is 5.75 Å². The summed E-state index contributed by atoms with van der Waals surface area (Å²) in [5, 5.41) is 11.0. The normalized spacial score (nSPS) is 12.3. The lowest BCUT2D eigenvalue weighted by atomic mass is 9.99. The molecule has 0 saturated heterocycles. The second-order valence-electron chi connectivity index (χ2n) is 4.42. The molecule has 0 aliphatic heterocycles. The first-order valence-corrected chi connectivity index (χ1v) is 7.08. The lowest BCUT2D eigenvalue weighted by molar-refractivity contribution is 0.214. The number of aryl methyl sites for hydroxylation is 1. The van der Waals surface area contributed by atoms with E-state index in [1.54, 1.807) is 12.1 Å². The molecule has 2 aromatic carbocycles. The van der Waals surface area contributed by atoms with E-state index >= 15 is 0 Å². The van der Waals surface area contributed by atoms with Crippen molar-refractivity contribution >= 4 is 27.5 Å². The molecule has 0 saturated carbocycles. The van der Waals surface area contributed by atoms with Crippen LogP contribution in [-0.4, -0.2) is 12.2 Å². The number of rotatable bonds is 3. The van der Waals surface area contributed by atoms with Gasteiger partial charge in [-0.25, -0.2) is 4.39 Å². The van der Waals surface area contributed by atoms with E-state index in [1.807, 2.05) is 13.0 Å². The second kappa shape index (κ2) is 6.12. The Morgan fingerprint density at radius 3 is 2.60 bits per heavy atom. The fourth-order valence-corrected chi connectivity index (χ4v) is 2.44. The first kappa shape index (κ1) is 15.3. The van der Waals surface area contributed by atoms with Crippen molar-refractivity contribution in [2.75, 3.05) is 7.11 Å². The van der Waals surface area contributed by atoms with Crippen LogP contribution in [0.25, 0.3) is 0 Å². The Balaban J connectivity index is 2.49. The van der Waals surface area contributed by atoms with Crippen LogP contribution in [0, 0.1) is 12.7 Å². The van der Waals surface area contributed by atoms with Crippen molar-refractivity contribution in [3.05, 3.63) is 62.3 Å². The van der Waals surface area contributed by atoms with Crippen LogP contribution in [0.4, 0.5) is 4.39 Å². The molecule has 0 aliphatic carbocycles. The van der Waals surface area contributed by atoms with E-state index in [1.165, 1.54) is 19.2 Å². The van der Waals surface area contributed by atoms with E-state index in [9.17, 15) is 9.50 Å². The molecule has 0 radical (unpaired) electrons. The minimum Gasteiger partial charge on any atom is -0.496 e. The van der Waals surface area contributed by atoms with E-state index in [-0.39, 0.29) is 10.2 Å². The van der Waals surface area contributed by atoms with Crippen LogP contribution in [0.1, 0.15) is 22.8 Å². The Hall–Kier alpha value is -1.10. The Kier molecular flexibility index (Phi) is 4.68. The zero-order chi connectivity index (χ0) is 14.9. The summed E-state index contributed by atoms with van der Waals surface area (Å²) in [6.07, 6.45) is -0.944. The number of halogens is 3. The molecule has 0 fully saturated rings. The minimum atomic E-state index is -0.944. The Morgan fingerprint density at radius 2 is 2.00 bits per heavy atom. The fraction of sp³-hybridized carbons (Fsp3) is 0.200. The summed E-state index contributed by atoms with van der Waals surface area (Å²) in [6.45, 7) is 1.88. The lowest BCUT2D eigenvalue weighted by Gasteiger charge is -2.16. The maximum atomic E-state index is 13.5. The van der Waals surface area contributed by atoms with Gasteiger partial charge in [0.05, 0.1) is 11.6 Å². The average molecular weight is 360 g/mol. The van der Waals surface area contributed by atoms with Crippen molar-refractivity contribution in [2.24, 2.45) is 0 Å². The Bertz CT molecular complexity index is 646. The summed E-state index contributed by atoms with van der Waals surface area (Å²) in [5.41, 5.74) is 2.02. The molecule has 106 valence electrons. The third kappa shape index (κ3) is 2.97. The first-order valence-electron chi connectivity index (χ1n) is 5.91. The molecule has 0 aliphatic rings. The maximum Gasteiger partial charge on any atom is 0.141 e. The molecule has 20 heavy (non-hydrogen) atoms. The highest BCUT2D eigenvalue weighted by atomic mass is 79.9. The van der Waals surface area contributed by atoms with Crippen LogP contribution in [0.15, 0.2) is 34.8 Å². The summed E-state index contributed by atoms with van der Waals surface area (Å²) in [5.74, 6) is -0.158. The molecule has 0 aromatic heterocycles. The number of aliphatic hydroxyl groups is 1. The van der Waals surface area contributed by atoms with Gasteiger partial charge in [0.25, 0.3) is 0 Å². The van der Waals surface area contributed by atoms with Crippen molar-refractivity contribution in [3.8, 4) is 5.75 Å². The number of aliphatic hydroxyl groups excluding tert-OH is 1.